The number of nitrogens with zero attached hydrogens (tertiary/aromatic N) is 2. The van der Waals surface area contributed by atoms with Crippen LogP contribution in [0.25, 0.3) is 6.08 Å². The molecule has 0 amide bonds. The van der Waals surface area contributed by atoms with Crippen molar-refractivity contribution in [3.05, 3.63) is 114 Å². The fourth-order valence-corrected chi connectivity index (χ4v) is 8.29. The summed E-state index contributed by atoms with van der Waals surface area (Å²) >= 11 is 18.0. The number of thiazole rings is 1. The Bertz CT molecular complexity index is 1970. The third-order valence-electron chi connectivity index (χ3n) is 6.71. The first-order chi connectivity index (χ1) is 21.6. The maximum absolute atomic E-state index is 14.0. The number of carbonyl (C=O) groups excluding carboxylic acids is 1. The number of fused-ring (bicyclic) bond motifs is 1. The highest BCUT2D eigenvalue weighted by molar-refractivity contribution is 14.1. The van der Waals surface area contributed by atoms with E-state index >= 15 is 0 Å². The summed E-state index contributed by atoms with van der Waals surface area (Å²) in [6.45, 7) is 4.92. The van der Waals surface area contributed by atoms with Gasteiger partial charge in [0.05, 0.1) is 43.6 Å². The zero-order chi connectivity index (χ0) is 32.2. The molecule has 1 atom stereocenters. The van der Waals surface area contributed by atoms with Crippen LogP contribution in [0.1, 0.15) is 36.6 Å². The van der Waals surface area contributed by atoms with Crippen LogP contribution < -0.4 is 29.1 Å². The Labute approximate surface area is 300 Å². The third kappa shape index (κ3) is 7.37. The molecule has 1 aliphatic rings. The van der Waals surface area contributed by atoms with Crippen LogP contribution in [-0.4, -0.2) is 30.9 Å². The van der Waals surface area contributed by atoms with Gasteiger partial charge in [0.25, 0.3) is 5.56 Å². The number of hydrogen-bond donors (Lipinski definition) is 0. The van der Waals surface area contributed by atoms with E-state index in [0.717, 1.165) is 18.3 Å². The molecule has 13 heteroatoms. The minimum atomic E-state index is -0.776. The van der Waals surface area contributed by atoms with Gasteiger partial charge in [-0.2, -0.15) is 0 Å². The molecule has 0 aliphatic carbocycles. The average molecular weight is 891 g/mol. The van der Waals surface area contributed by atoms with Crippen molar-refractivity contribution in [3.63, 3.8) is 0 Å². The maximum atomic E-state index is 14.0. The highest BCUT2D eigenvalue weighted by Crippen LogP contribution is 2.35. The number of benzene rings is 3. The van der Waals surface area contributed by atoms with Crippen molar-refractivity contribution in [1.82, 2.24) is 4.57 Å². The molecule has 0 saturated carbocycles. The number of esters is 1. The van der Waals surface area contributed by atoms with Crippen LogP contribution in [0.2, 0.25) is 10.0 Å². The quantitative estimate of drug-likeness (QED) is 0.127. The first-order valence-electron chi connectivity index (χ1n) is 13.7. The predicted molar refractivity (Wildman–Crippen MR) is 193 cm³/mol. The molecule has 0 N–H and O–H groups in total. The van der Waals surface area contributed by atoms with Crippen LogP contribution in [0.15, 0.2) is 70.1 Å². The van der Waals surface area contributed by atoms with Gasteiger partial charge in [0.1, 0.15) is 12.4 Å². The molecule has 45 heavy (non-hydrogen) atoms. The fourth-order valence-electron chi connectivity index (χ4n) is 4.73. The minimum Gasteiger partial charge on any atom is -0.490 e. The van der Waals surface area contributed by atoms with E-state index in [1.807, 2.05) is 44.2 Å². The Hall–Kier alpha value is -2.59. The molecule has 2 heterocycles. The van der Waals surface area contributed by atoms with Gasteiger partial charge >= 0.3 is 5.97 Å². The molecule has 0 fully saturated rings. The van der Waals surface area contributed by atoms with Crippen molar-refractivity contribution in [2.24, 2.45) is 4.99 Å². The Morgan fingerprint density at radius 1 is 1.00 bits per heavy atom. The summed E-state index contributed by atoms with van der Waals surface area (Å²) < 4.78 is 26.5. The first-order valence-corrected chi connectivity index (χ1v) is 17.4. The molecule has 1 aliphatic heterocycles. The molecule has 1 aromatic heterocycles. The normalized spacial score (nSPS) is 14.3. The highest BCUT2D eigenvalue weighted by Gasteiger charge is 2.31. The minimum absolute atomic E-state index is 0.231. The van der Waals surface area contributed by atoms with Crippen LogP contribution in [0, 0.1) is 7.14 Å². The van der Waals surface area contributed by atoms with Gasteiger partial charge in [0.2, 0.25) is 0 Å². The number of ether oxygens (including phenoxy) is 4. The molecular weight excluding hydrogens is 865 g/mol. The zero-order valence-corrected chi connectivity index (χ0v) is 30.9. The van der Waals surface area contributed by atoms with Gasteiger partial charge in [-0.15, -0.1) is 0 Å². The molecule has 234 valence electrons. The molecule has 0 spiro atoms. The predicted octanol–water partition coefficient (Wildman–Crippen LogP) is 6.91. The lowest BCUT2D eigenvalue weighted by molar-refractivity contribution is -0.136. The van der Waals surface area contributed by atoms with Gasteiger partial charge < -0.3 is 18.9 Å². The standard InChI is InChI=1S/C32H26Cl2I2N2O6S/c1-4-42-25-9-7-18(13-26(25)43-5-2)28-21(31(40)41-3)15-37-32-38(28)30(39)27(45-32)12-17-10-23(35)29(24(36)11-17)44-16-19-6-8-20(33)14-22(19)34/h6-15,28H,4-5,16H2,1-3H3/b27-12-/t28-/m1/s1. The lowest BCUT2D eigenvalue weighted by atomic mass is 9.97. The molecule has 4 aromatic rings. The smallest absolute Gasteiger partial charge is 0.337 e. The van der Waals surface area contributed by atoms with Crippen molar-refractivity contribution in [3.8, 4) is 17.2 Å². The van der Waals surface area contributed by atoms with E-state index in [-0.39, 0.29) is 17.7 Å². The second kappa shape index (κ2) is 14.9. The molecule has 5 rings (SSSR count). The SMILES string of the molecule is CCOc1ccc([C@@H]2C(C(=O)OC)=CN=c3s/c(=C\c4cc(I)c(OCc5ccc(Cl)cc5Cl)c(I)c4)c(=O)n32)cc1OCC. The second-order valence-corrected chi connectivity index (χ2v) is 13.8. The first kappa shape index (κ1) is 33.8. The highest BCUT2D eigenvalue weighted by atomic mass is 127. The number of halogens is 4. The molecular formula is C32H26Cl2I2N2O6S. The fraction of sp³-hybridized carbons (Fsp3) is 0.219. The van der Waals surface area contributed by atoms with Crippen molar-refractivity contribution in [1.29, 1.82) is 0 Å². The van der Waals surface area contributed by atoms with Crippen LogP contribution >= 0.6 is 79.7 Å². The summed E-state index contributed by atoms with van der Waals surface area (Å²) in [4.78, 5) is 31.8. The molecule has 0 saturated heterocycles. The van der Waals surface area contributed by atoms with Gasteiger partial charge in [-0.3, -0.25) is 9.36 Å². The summed E-state index contributed by atoms with van der Waals surface area (Å²) in [6.07, 6.45) is 3.28. The van der Waals surface area contributed by atoms with E-state index in [0.29, 0.717) is 55.4 Å². The van der Waals surface area contributed by atoms with Crippen LogP contribution in [-0.2, 0) is 16.1 Å². The summed E-state index contributed by atoms with van der Waals surface area (Å²) in [5, 5.41) is 1.10. The topological polar surface area (TPSA) is 88.4 Å². The molecule has 0 unspecified atom stereocenters. The largest absolute Gasteiger partial charge is 0.490 e. The van der Waals surface area contributed by atoms with Gasteiger partial charge in [0, 0.05) is 21.8 Å². The van der Waals surface area contributed by atoms with E-state index in [2.05, 4.69) is 50.2 Å². The van der Waals surface area contributed by atoms with Crippen LogP contribution in [0.4, 0.5) is 0 Å². The van der Waals surface area contributed by atoms with E-state index in [9.17, 15) is 9.59 Å². The van der Waals surface area contributed by atoms with Crippen LogP contribution in [0.3, 0.4) is 0 Å². The van der Waals surface area contributed by atoms with Crippen molar-refractivity contribution >= 4 is 91.8 Å². The van der Waals surface area contributed by atoms with Crippen molar-refractivity contribution in [2.75, 3.05) is 20.3 Å². The van der Waals surface area contributed by atoms with Gasteiger partial charge in [-0.1, -0.05) is 46.7 Å². The lowest BCUT2D eigenvalue weighted by Gasteiger charge is -2.23. The zero-order valence-electron chi connectivity index (χ0n) is 24.2. The monoisotopic (exact) mass is 890 g/mol. The summed E-state index contributed by atoms with van der Waals surface area (Å²) in [7, 11) is 1.30. The summed E-state index contributed by atoms with van der Waals surface area (Å²) in [6, 6.07) is 13.8. The Morgan fingerprint density at radius 2 is 1.71 bits per heavy atom. The van der Waals surface area contributed by atoms with Gasteiger partial charge in [-0.25, -0.2) is 9.79 Å². The average Bonchev–Trinajstić information content (AvgIpc) is 3.32. The molecule has 8 nitrogen and oxygen atoms in total. The molecule has 0 radical (unpaired) electrons. The third-order valence-corrected chi connectivity index (χ3v) is 9.90. The van der Waals surface area contributed by atoms with Gasteiger partial charge in [0.15, 0.2) is 16.3 Å². The number of rotatable bonds is 10. The number of carbonyl (C=O) groups is 1. The van der Waals surface area contributed by atoms with E-state index in [4.69, 9.17) is 42.1 Å². The lowest BCUT2D eigenvalue weighted by Crippen LogP contribution is -2.39. The van der Waals surface area contributed by atoms with E-state index < -0.39 is 12.0 Å². The number of aromatic nitrogens is 1. The van der Waals surface area contributed by atoms with Gasteiger partial charge in [-0.05, 0) is 113 Å². The Balaban J connectivity index is 1.54. The Kier molecular flexibility index (Phi) is 11.2. The van der Waals surface area contributed by atoms with Crippen LogP contribution in [0.5, 0.6) is 17.2 Å². The van der Waals surface area contributed by atoms with Crippen molar-refractivity contribution < 1.29 is 23.7 Å². The molecule has 3 aromatic carbocycles. The van der Waals surface area contributed by atoms with E-state index in [1.54, 1.807) is 24.3 Å². The summed E-state index contributed by atoms with van der Waals surface area (Å²) in [5.74, 6) is 1.23. The maximum Gasteiger partial charge on any atom is 0.337 e. The Morgan fingerprint density at radius 3 is 2.38 bits per heavy atom. The number of methoxy groups -OCH3 is 1. The van der Waals surface area contributed by atoms with E-state index in [1.165, 1.54) is 29.2 Å². The number of hydrogen-bond acceptors (Lipinski definition) is 8. The summed E-state index contributed by atoms with van der Waals surface area (Å²) in [5.41, 5.74) is 2.24. The second-order valence-electron chi connectivity index (χ2n) is 9.59. The molecule has 0 bridgehead atoms. The van der Waals surface area contributed by atoms with Crippen molar-refractivity contribution in [2.45, 2.75) is 26.5 Å².